The van der Waals surface area contributed by atoms with Crippen LogP contribution in [0.4, 0.5) is 0 Å². The molecule has 2 N–H and O–H groups in total. The van der Waals surface area contributed by atoms with Crippen molar-refractivity contribution in [2.24, 2.45) is 5.73 Å². The van der Waals surface area contributed by atoms with E-state index in [4.69, 9.17) is 10.5 Å². The van der Waals surface area contributed by atoms with Gasteiger partial charge in [-0.2, -0.15) is 0 Å². The van der Waals surface area contributed by atoms with Crippen LogP contribution in [0.1, 0.15) is 31.5 Å². The van der Waals surface area contributed by atoms with Crippen LogP contribution >= 0.6 is 0 Å². The van der Waals surface area contributed by atoms with E-state index in [1.54, 1.807) is 0 Å². The van der Waals surface area contributed by atoms with E-state index in [1.807, 2.05) is 13.4 Å². The standard InChI is InChI=1S/C13H23N5O/c1-19-11-2-4-13(9-14,5-3-11)18-7-6-17-10-15-16-12(17)8-18/h10-11H,2-9,14H2,1H3. The first-order valence-electron chi connectivity index (χ1n) is 7.12. The SMILES string of the molecule is COC1CCC(CN)(N2CCn3cnnc3C2)CC1. The fraction of sp³-hybridized carbons (Fsp3) is 0.846. The van der Waals surface area contributed by atoms with Crippen molar-refractivity contribution in [3.63, 3.8) is 0 Å². The number of rotatable bonds is 3. The minimum absolute atomic E-state index is 0.131. The van der Waals surface area contributed by atoms with Crippen molar-refractivity contribution in [3.8, 4) is 0 Å². The molecule has 106 valence electrons. The first-order valence-corrected chi connectivity index (χ1v) is 7.12. The smallest absolute Gasteiger partial charge is 0.147 e. The predicted molar refractivity (Wildman–Crippen MR) is 71.5 cm³/mol. The number of methoxy groups -OCH3 is 1. The lowest BCUT2D eigenvalue weighted by Crippen LogP contribution is -2.58. The van der Waals surface area contributed by atoms with Crippen LogP contribution in [0.25, 0.3) is 0 Å². The van der Waals surface area contributed by atoms with E-state index in [0.717, 1.165) is 57.7 Å². The maximum Gasteiger partial charge on any atom is 0.147 e. The quantitative estimate of drug-likeness (QED) is 0.855. The summed E-state index contributed by atoms with van der Waals surface area (Å²) in [5.74, 6) is 1.06. The van der Waals surface area contributed by atoms with Crippen LogP contribution < -0.4 is 5.73 Å². The van der Waals surface area contributed by atoms with Crippen molar-refractivity contribution < 1.29 is 4.74 Å². The van der Waals surface area contributed by atoms with Gasteiger partial charge < -0.3 is 15.0 Å². The zero-order chi connectivity index (χ0) is 13.3. The highest BCUT2D eigenvalue weighted by molar-refractivity contribution is 5.01. The summed E-state index contributed by atoms with van der Waals surface area (Å²) in [5.41, 5.74) is 6.26. The third kappa shape index (κ3) is 2.28. The first-order chi connectivity index (χ1) is 9.27. The summed E-state index contributed by atoms with van der Waals surface area (Å²) in [6.07, 6.45) is 6.69. The molecule has 0 aromatic carbocycles. The van der Waals surface area contributed by atoms with Gasteiger partial charge in [-0.15, -0.1) is 10.2 Å². The number of nitrogens with zero attached hydrogens (tertiary/aromatic N) is 4. The summed E-state index contributed by atoms with van der Waals surface area (Å²) in [6, 6.07) is 0. The van der Waals surface area contributed by atoms with Gasteiger partial charge in [-0.05, 0) is 25.7 Å². The summed E-state index contributed by atoms with van der Waals surface area (Å²) in [4.78, 5) is 2.52. The molecule has 3 rings (SSSR count). The molecule has 6 heteroatoms. The molecule has 2 heterocycles. The molecular formula is C13H23N5O. The monoisotopic (exact) mass is 265 g/mol. The Morgan fingerprint density at radius 3 is 2.89 bits per heavy atom. The number of hydrogen-bond acceptors (Lipinski definition) is 5. The summed E-state index contributed by atoms with van der Waals surface area (Å²) in [7, 11) is 1.81. The molecule has 0 amide bonds. The molecule has 1 aromatic rings. The van der Waals surface area contributed by atoms with Crippen molar-refractivity contribution in [1.29, 1.82) is 0 Å². The molecule has 0 saturated heterocycles. The molecular weight excluding hydrogens is 242 g/mol. The summed E-state index contributed by atoms with van der Waals surface area (Å²) in [6.45, 7) is 3.60. The van der Waals surface area contributed by atoms with E-state index < -0.39 is 0 Å². The molecule has 0 unspecified atom stereocenters. The van der Waals surface area contributed by atoms with Crippen molar-refractivity contribution in [2.75, 3.05) is 20.2 Å². The summed E-state index contributed by atoms with van der Waals surface area (Å²) >= 11 is 0. The Bertz CT molecular complexity index is 424. The maximum absolute atomic E-state index is 6.13. The number of hydrogen-bond donors (Lipinski definition) is 1. The number of aromatic nitrogens is 3. The second kappa shape index (κ2) is 5.19. The second-order valence-corrected chi connectivity index (χ2v) is 5.73. The number of nitrogens with two attached hydrogens (primary N) is 1. The van der Waals surface area contributed by atoms with Crippen LogP contribution in [0.3, 0.4) is 0 Å². The topological polar surface area (TPSA) is 69.2 Å². The lowest BCUT2D eigenvalue weighted by molar-refractivity contribution is -0.0187. The zero-order valence-corrected chi connectivity index (χ0v) is 11.6. The average molecular weight is 265 g/mol. The highest BCUT2D eigenvalue weighted by atomic mass is 16.5. The Balaban J connectivity index is 1.73. The number of fused-ring (bicyclic) bond motifs is 1. The van der Waals surface area contributed by atoms with Gasteiger partial charge >= 0.3 is 0 Å². The summed E-state index contributed by atoms with van der Waals surface area (Å²) < 4.78 is 7.61. The van der Waals surface area contributed by atoms with Gasteiger partial charge in [-0.25, -0.2) is 0 Å². The van der Waals surface area contributed by atoms with E-state index in [1.165, 1.54) is 0 Å². The minimum atomic E-state index is 0.131. The van der Waals surface area contributed by atoms with Crippen LogP contribution in [0, 0.1) is 0 Å². The van der Waals surface area contributed by atoms with Gasteiger partial charge in [0.15, 0.2) is 0 Å². The maximum atomic E-state index is 6.13. The Kier molecular flexibility index (Phi) is 3.56. The largest absolute Gasteiger partial charge is 0.381 e. The molecule has 6 nitrogen and oxygen atoms in total. The second-order valence-electron chi connectivity index (χ2n) is 5.73. The van der Waals surface area contributed by atoms with Crippen LogP contribution in [-0.4, -0.2) is 51.5 Å². The third-order valence-electron chi connectivity index (χ3n) is 4.89. The van der Waals surface area contributed by atoms with Crippen molar-refractivity contribution >= 4 is 0 Å². The molecule has 1 aliphatic carbocycles. The lowest BCUT2D eigenvalue weighted by Gasteiger charge is -2.48. The Morgan fingerprint density at radius 1 is 1.42 bits per heavy atom. The van der Waals surface area contributed by atoms with Gasteiger partial charge in [-0.1, -0.05) is 0 Å². The fourth-order valence-electron chi connectivity index (χ4n) is 3.49. The van der Waals surface area contributed by atoms with Crippen LogP contribution in [0.5, 0.6) is 0 Å². The molecule has 0 atom stereocenters. The van der Waals surface area contributed by atoms with Crippen LogP contribution in [0.2, 0.25) is 0 Å². The van der Waals surface area contributed by atoms with Gasteiger partial charge in [0.25, 0.3) is 0 Å². The van der Waals surface area contributed by atoms with E-state index in [9.17, 15) is 0 Å². The lowest BCUT2D eigenvalue weighted by atomic mass is 9.78. The van der Waals surface area contributed by atoms with Crippen molar-refractivity contribution in [3.05, 3.63) is 12.2 Å². The Labute approximate surface area is 113 Å². The van der Waals surface area contributed by atoms with Crippen LogP contribution in [0.15, 0.2) is 6.33 Å². The molecule has 1 aromatic heterocycles. The van der Waals surface area contributed by atoms with Gasteiger partial charge in [0, 0.05) is 32.3 Å². The zero-order valence-electron chi connectivity index (χ0n) is 11.6. The highest BCUT2D eigenvalue weighted by Crippen LogP contribution is 2.35. The molecule has 1 aliphatic heterocycles. The molecule has 0 spiro atoms. The first kappa shape index (κ1) is 13.0. The van der Waals surface area contributed by atoms with E-state index in [2.05, 4.69) is 19.7 Å². The third-order valence-corrected chi connectivity index (χ3v) is 4.89. The molecule has 1 saturated carbocycles. The summed E-state index contributed by atoms with van der Waals surface area (Å²) in [5, 5.41) is 8.20. The molecule has 19 heavy (non-hydrogen) atoms. The van der Waals surface area contributed by atoms with Gasteiger partial charge in [0.2, 0.25) is 0 Å². The van der Waals surface area contributed by atoms with Gasteiger partial charge in [-0.3, -0.25) is 4.90 Å². The van der Waals surface area contributed by atoms with Gasteiger partial charge in [0.1, 0.15) is 12.2 Å². The normalized spacial score (nSPS) is 32.2. The fourth-order valence-corrected chi connectivity index (χ4v) is 3.49. The molecule has 2 aliphatic rings. The van der Waals surface area contributed by atoms with Crippen molar-refractivity contribution in [2.45, 2.75) is 50.4 Å². The number of ether oxygens (including phenoxy) is 1. The van der Waals surface area contributed by atoms with Crippen LogP contribution in [-0.2, 0) is 17.8 Å². The molecule has 0 radical (unpaired) electrons. The van der Waals surface area contributed by atoms with Crippen molar-refractivity contribution in [1.82, 2.24) is 19.7 Å². The van der Waals surface area contributed by atoms with Gasteiger partial charge in [0.05, 0.1) is 12.6 Å². The molecule has 1 fully saturated rings. The Hall–Kier alpha value is -0.980. The average Bonchev–Trinajstić information content (AvgIpc) is 2.94. The molecule has 0 bridgehead atoms. The van der Waals surface area contributed by atoms with E-state index in [0.29, 0.717) is 6.10 Å². The van der Waals surface area contributed by atoms with E-state index in [-0.39, 0.29) is 5.54 Å². The minimum Gasteiger partial charge on any atom is -0.381 e. The Morgan fingerprint density at radius 2 is 2.21 bits per heavy atom. The predicted octanol–water partition coefficient (Wildman–Crippen LogP) is 0.380. The highest BCUT2D eigenvalue weighted by Gasteiger charge is 2.40. The van der Waals surface area contributed by atoms with E-state index >= 15 is 0 Å².